The number of fused-ring (bicyclic) bond motifs is 3. The molecule has 0 aromatic heterocycles. The first-order valence-corrected chi connectivity index (χ1v) is 7.52. The molecule has 2 aliphatic heterocycles. The van der Waals surface area contributed by atoms with Crippen LogP contribution in [0.1, 0.15) is 25.5 Å². The lowest BCUT2D eigenvalue weighted by Crippen LogP contribution is -2.33. The van der Waals surface area contributed by atoms with Crippen molar-refractivity contribution in [1.82, 2.24) is 4.90 Å². The van der Waals surface area contributed by atoms with Gasteiger partial charge < -0.3 is 14.6 Å². The molecule has 1 aromatic rings. The molecule has 1 saturated heterocycles. The van der Waals surface area contributed by atoms with Gasteiger partial charge in [0.05, 0.1) is 13.2 Å². The van der Waals surface area contributed by atoms with Gasteiger partial charge >= 0.3 is 6.09 Å². The Labute approximate surface area is 128 Å². The molecule has 0 saturated carbocycles. The van der Waals surface area contributed by atoms with E-state index in [2.05, 4.69) is 0 Å². The minimum Gasteiger partial charge on any atom is -0.484 e. The number of rotatable bonds is 3. The van der Waals surface area contributed by atoms with Crippen molar-refractivity contribution in [3.05, 3.63) is 29.6 Å². The van der Waals surface area contributed by atoms with Crippen LogP contribution in [0.3, 0.4) is 0 Å². The van der Waals surface area contributed by atoms with Crippen molar-refractivity contribution in [2.45, 2.75) is 26.0 Å². The van der Waals surface area contributed by atoms with Crippen LogP contribution in [0.15, 0.2) is 18.2 Å². The van der Waals surface area contributed by atoms with E-state index in [4.69, 9.17) is 9.47 Å². The molecule has 0 unspecified atom stereocenters. The third-order valence-corrected chi connectivity index (χ3v) is 4.12. The van der Waals surface area contributed by atoms with Crippen LogP contribution in [0.25, 0.3) is 0 Å². The van der Waals surface area contributed by atoms with Crippen LogP contribution in [-0.2, 0) is 4.74 Å². The summed E-state index contributed by atoms with van der Waals surface area (Å²) in [5.74, 6) is -0.277. The van der Waals surface area contributed by atoms with Gasteiger partial charge in [0, 0.05) is 18.0 Å². The Morgan fingerprint density at radius 3 is 3.00 bits per heavy atom. The van der Waals surface area contributed by atoms with Crippen molar-refractivity contribution in [2.24, 2.45) is 11.8 Å². The van der Waals surface area contributed by atoms with E-state index in [1.54, 1.807) is 17.0 Å². The molecule has 1 N–H and O–H groups in total. The number of aliphatic hydroxyl groups is 1. The van der Waals surface area contributed by atoms with Crippen molar-refractivity contribution in [3.63, 3.8) is 0 Å². The predicted molar refractivity (Wildman–Crippen MR) is 77.0 cm³/mol. The summed E-state index contributed by atoms with van der Waals surface area (Å²) in [6.45, 7) is 4.47. The predicted octanol–water partition coefficient (Wildman–Crippen LogP) is 2.34. The fourth-order valence-corrected chi connectivity index (χ4v) is 3.10. The molecule has 0 bridgehead atoms. The van der Waals surface area contributed by atoms with Gasteiger partial charge in [-0.05, 0) is 12.0 Å². The van der Waals surface area contributed by atoms with Gasteiger partial charge in [-0.2, -0.15) is 0 Å². The average molecular weight is 309 g/mol. The summed E-state index contributed by atoms with van der Waals surface area (Å²) in [5, 5.41) is 9.53. The molecule has 2 aliphatic rings. The Balaban J connectivity index is 1.87. The molecule has 0 spiro atoms. The van der Waals surface area contributed by atoms with Gasteiger partial charge in [-0.1, -0.05) is 26.0 Å². The molecule has 22 heavy (non-hydrogen) atoms. The summed E-state index contributed by atoms with van der Waals surface area (Å²) in [7, 11) is 0. The van der Waals surface area contributed by atoms with E-state index < -0.39 is 24.1 Å². The minimum atomic E-state index is -0.445. The molecule has 0 radical (unpaired) electrons. The molecule has 1 aromatic carbocycles. The molecule has 1 amide bonds. The van der Waals surface area contributed by atoms with E-state index in [1.807, 2.05) is 13.8 Å². The average Bonchev–Trinajstić information content (AvgIpc) is 3.03. The van der Waals surface area contributed by atoms with Crippen molar-refractivity contribution in [2.75, 3.05) is 19.8 Å². The summed E-state index contributed by atoms with van der Waals surface area (Å²) in [5.41, 5.74) is 0.641. The summed E-state index contributed by atoms with van der Waals surface area (Å²) in [6, 6.07) is 4.28. The van der Waals surface area contributed by atoms with E-state index in [0.717, 1.165) is 0 Å². The Kier molecular flexibility index (Phi) is 3.95. The van der Waals surface area contributed by atoms with Gasteiger partial charge in [0.2, 0.25) is 0 Å². The monoisotopic (exact) mass is 309 g/mol. The number of carbonyl (C=O) groups excluding carboxylic acids is 1. The minimum absolute atomic E-state index is 0.120. The summed E-state index contributed by atoms with van der Waals surface area (Å²) in [6.07, 6.45) is -0.871. The topological polar surface area (TPSA) is 59.0 Å². The standard InChI is InChI=1S/C16H20FNO4/c1-9(2)8-21-16(20)18-6-10(7-19)14-13(18)11-4-3-5-12(17)15(11)22-14/h3-5,9-10,13-14,19H,6-8H2,1-2H3/t10-,13-,14-/m0/s1. The van der Waals surface area contributed by atoms with Crippen LogP contribution in [0.5, 0.6) is 5.75 Å². The number of hydrogen-bond acceptors (Lipinski definition) is 4. The fraction of sp³-hybridized carbons (Fsp3) is 0.562. The first-order chi connectivity index (χ1) is 10.5. The van der Waals surface area contributed by atoms with Crippen LogP contribution in [0, 0.1) is 17.7 Å². The van der Waals surface area contributed by atoms with Crippen LogP contribution >= 0.6 is 0 Å². The van der Waals surface area contributed by atoms with Crippen LogP contribution in [0.4, 0.5) is 9.18 Å². The fourth-order valence-electron chi connectivity index (χ4n) is 3.10. The number of likely N-dealkylation sites (tertiary alicyclic amines) is 1. The maximum Gasteiger partial charge on any atom is 0.410 e. The molecule has 1 fully saturated rings. The molecule has 0 aliphatic carbocycles. The van der Waals surface area contributed by atoms with Crippen molar-refractivity contribution < 1.29 is 23.8 Å². The van der Waals surface area contributed by atoms with Crippen LogP contribution in [0.2, 0.25) is 0 Å². The first kappa shape index (κ1) is 15.1. The molecule has 3 atom stereocenters. The summed E-state index contributed by atoms with van der Waals surface area (Å²) < 4.78 is 24.9. The van der Waals surface area contributed by atoms with Crippen molar-refractivity contribution in [1.29, 1.82) is 0 Å². The first-order valence-electron chi connectivity index (χ1n) is 7.52. The number of nitrogens with zero attached hydrogens (tertiary/aromatic N) is 1. The number of hydrogen-bond donors (Lipinski definition) is 1. The van der Waals surface area contributed by atoms with E-state index >= 15 is 0 Å². The zero-order valence-electron chi connectivity index (χ0n) is 12.7. The highest BCUT2D eigenvalue weighted by Gasteiger charge is 2.52. The number of para-hydroxylation sites is 1. The lowest BCUT2D eigenvalue weighted by molar-refractivity contribution is 0.0813. The Bertz CT molecular complexity index is 577. The summed E-state index contributed by atoms with van der Waals surface area (Å²) >= 11 is 0. The van der Waals surface area contributed by atoms with Crippen molar-refractivity contribution >= 4 is 6.09 Å². The molecular formula is C16H20FNO4. The highest BCUT2D eigenvalue weighted by Crippen LogP contribution is 2.48. The largest absolute Gasteiger partial charge is 0.484 e. The van der Waals surface area contributed by atoms with Crippen molar-refractivity contribution in [3.8, 4) is 5.75 Å². The summed E-state index contributed by atoms with van der Waals surface area (Å²) in [4.78, 5) is 13.9. The Morgan fingerprint density at radius 2 is 2.32 bits per heavy atom. The quantitative estimate of drug-likeness (QED) is 0.931. The normalized spacial score (nSPS) is 25.9. The molecule has 3 rings (SSSR count). The van der Waals surface area contributed by atoms with E-state index in [9.17, 15) is 14.3 Å². The SMILES string of the molecule is CC(C)COC(=O)N1C[C@@H](CO)[C@@H]2Oc3c(F)cccc3[C@@H]21. The molecule has 2 heterocycles. The van der Waals surface area contributed by atoms with Gasteiger partial charge in [-0.15, -0.1) is 0 Å². The smallest absolute Gasteiger partial charge is 0.410 e. The van der Waals surface area contributed by atoms with Gasteiger partial charge in [-0.3, -0.25) is 4.90 Å². The number of carbonyl (C=O) groups is 1. The van der Waals surface area contributed by atoms with Crippen LogP contribution < -0.4 is 4.74 Å². The van der Waals surface area contributed by atoms with Gasteiger partial charge in [0.15, 0.2) is 11.6 Å². The number of halogens is 1. The number of benzene rings is 1. The maximum absolute atomic E-state index is 13.9. The van der Waals surface area contributed by atoms with Gasteiger partial charge in [0.1, 0.15) is 12.1 Å². The van der Waals surface area contributed by atoms with E-state index in [-0.39, 0.29) is 24.2 Å². The van der Waals surface area contributed by atoms with Gasteiger partial charge in [0.25, 0.3) is 0 Å². The molecule has 6 heteroatoms. The Morgan fingerprint density at radius 1 is 1.55 bits per heavy atom. The number of aliphatic hydroxyl groups excluding tert-OH is 1. The zero-order valence-corrected chi connectivity index (χ0v) is 12.7. The van der Waals surface area contributed by atoms with Crippen LogP contribution in [-0.4, -0.2) is 42.0 Å². The molecular weight excluding hydrogens is 289 g/mol. The highest BCUT2D eigenvalue weighted by molar-refractivity contribution is 5.70. The molecule has 5 nitrogen and oxygen atoms in total. The zero-order chi connectivity index (χ0) is 15.9. The second kappa shape index (κ2) is 5.76. The lowest BCUT2D eigenvalue weighted by Gasteiger charge is -2.23. The third-order valence-electron chi connectivity index (χ3n) is 4.12. The van der Waals surface area contributed by atoms with Gasteiger partial charge in [-0.25, -0.2) is 9.18 Å². The van der Waals surface area contributed by atoms with E-state index in [1.165, 1.54) is 6.07 Å². The molecule has 120 valence electrons. The van der Waals surface area contributed by atoms with E-state index in [0.29, 0.717) is 18.7 Å². The Hall–Kier alpha value is -1.82. The number of ether oxygens (including phenoxy) is 2. The number of amides is 1. The highest BCUT2D eigenvalue weighted by atomic mass is 19.1. The maximum atomic E-state index is 13.9. The third kappa shape index (κ3) is 2.41. The second-order valence-electron chi connectivity index (χ2n) is 6.25. The lowest BCUT2D eigenvalue weighted by atomic mass is 9.99. The second-order valence-corrected chi connectivity index (χ2v) is 6.25.